The number of aliphatic hydroxyl groups is 1. The van der Waals surface area contributed by atoms with E-state index in [1.165, 1.54) is 80.9 Å². The summed E-state index contributed by atoms with van der Waals surface area (Å²) in [7, 11) is 5.80. The van der Waals surface area contributed by atoms with Crippen LogP contribution in [0.4, 0.5) is 0 Å². The minimum atomic E-state index is -0.296. The first-order chi connectivity index (χ1) is 33.3. The normalized spacial score (nSPS) is 45.0. The zero-order valence-corrected chi connectivity index (χ0v) is 50.3. The highest BCUT2D eigenvalue weighted by molar-refractivity contribution is 5.66. The Morgan fingerprint density at radius 1 is 0.667 bits per heavy atom. The molecule has 410 valence electrons. The zero-order chi connectivity index (χ0) is 53.6. The second-order valence-corrected chi connectivity index (χ2v) is 29.8. The molecule has 1 N–H and O–H groups in total. The third-order valence-corrected chi connectivity index (χ3v) is 24.3. The molecule has 0 aromatic carbocycles. The van der Waals surface area contributed by atoms with Crippen LogP contribution in [0.3, 0.4) is 0 Å². The molecule has 6 fully saturated rings. The van der Waals surface area contributed by atoms with Crippen molar-refractivity contribution in [1.82, 2.24) is 0 Å². The van der Waals surface area contributed by atoms with Gasteiger partial charge >= 0.3 is 5.97 Å². The van der Waals surface area contributed by atoms with Gasteiger partial charge in [0.05, 0.1) is 23.4 Å². The zero-order valence-electron chi connectivity index (χ0n) is 50.3. The third-order valence-electron chi connectivity index (χ3n) is 24.3. The summed E-state index contributed by atoms with van der Waals surface area (Å²) in [6.07, 6.45) is 27.9. The summed E-state index contributed by atoms with van der Waals surface area (Å²) in [6.45, 7) is 42.2. The minimum absolute atomic E-state index is 0.0326. The summed E-state index contributed by atoms with van der Waals surface area (Å²) in [5.74, 6) is 5.13. The van der Waals surface area contributed by atoms with Crippen molar-refractivity contribution < 1.29 is 28.8 Å². The first-order valence-electron chi connectivity index (χ1n) is 29.6. The Kier molecular flexibility index (Phi) is 16.3. The molecular weight excluding hydrogens is 889 g/mol. The van der Waals surface area contributed by atoms with Gasteiger partial charge in [0.2, 0.25) is 0 Å². The number of fused-ring (bicyclic) bond motifs is 10. The van der Waals surface area contributed by atoms with Gasteiger partial charge in [-0.3, -0.25) is 4.79 Å². The largest absolute Gasteiger partial charge is 0.458 e. The first kappa shape index (κ1) is 58.0. The molecule has 0 heterocycles. The standard InChI is InChI=1S/C34H56O3.C32H54O3/c1-21(2)18-22(3)19-23(4)26-14-15-33(10)30-29(37-25(6)35)20-28-27(13-12-24(5)31(28,7)8)34(30,36-11)17-16-32(26,33)9;1-21(12-11-16-28(2,3)4)22-15-17-31(8)27-25(34-9)20-24-23(13-14-26(33)29(24,5)6)32(27,35-10)19-18-30(22,31)7/h18,20,22-24,26-27,29-30H,12-17,19H2,1-11H3;11,16,20-23,25-27,33H,12-15,17-19H2,1-10H3/b;16-11+/t22-,23+,24-,26+,27+,29-,30-,32+,33-,34+;21-,22-,23-,25+,26+,27+,30-,31+,32-/m01/s1. The molecule has 0 bridgehead atoms. The van der Waals surface area contributed by atoms with Crippen molar-refractivity contribution in [1.29, 1.82) is 0 Å². The number of hydrogen-bond donors (Lipinski definition) is 1. The minimum Gasteiger partial charge on any atom is -0.458 e. The van der Waals surface area contributed by atoms with Crippen molar-refractivity contribution >= 4 is 5.97 Å². The Labute approximate surface area is 442 Å². The fourth-order valence-electron chi connectivity index (χ4n) is 19.9. The van der Waals surface area contributed by atoms with Crippen molar-refractivity contribution in [3.63, 3.8) is 0 Å². The highest BCUT2D eigenvalue weighted by atomic mass is 16.5. The van der Waals surface area contributed by atoms with E-state index >= 15 is 0 Å². The molecule has 0 aliphatic heterocycles. The molecule has 19 atom stereocenters. The van der Waals surface area contributed by atoms with E-state index in [1.54, 1.807) is 6.92 Å². The fraction of sp³-hybridized carbons (Fsp3) is 0.864. The van der Waals surface area contributed by atoms with E-state index in [-0.39, 0.29) is 79.3 Å². The second-order valence-electron chi connectivity index (χ2n) is 29.8. The monoisotopic (exact) mass is 999 g/mol. The summed E-state index contributed by atoms with van der Waals surface area (Å²) in [5, 5.41) is 10.9. The SMILES string of the molecule is CO[C@@]12CC[C@]3(C)[C@@H]([C@H](C)C[C@@H](C)C=C(C)C)CC[C@@]3(C)[C@@H]1[C@@H](OC(C)=O)C=C1[C@H]2CC[C@H](C)C1(C)C.CO[C@H]1C=C2[C@@H](CC[C@H](O)C2(C)C)[C@]2(OC)CC[C@]3(C)[C@@H]([C@H](C)C/C=C/C(C)(C)C)CC[C@@]3(C)[C@H]12. The third kappa shape index (κ3) is 9.20. The quantitative estimate of drug-likeness (QED) is 0.164. The van der Waals surface area contributed by atoms with Gasteiger partial charge in [-0.15, -0.1) is 0 Å². The molecule has 0 aromatic heterocycles. The molecule has 8 rings (SSSR count). The average molecular weight is 1000 g/mol. The number of hydrogen-bond acceptors (Lipinski definition) is 6. The van der Waals surface area contributed by atoms with Gasteiger partial charge in [0.25, 0.3) is 0 Å². The lowest BCUT2D eigenvalue weighted by Gasteiger charge is -2.67. The summed E-state index contributed by atoms with van der Waals surface area (Å²) in [4.78, 5) is 12.5. The molecule has 6 saturated carbocycles. The molecule has 8 aliphatic carbocycles. The lowest BCUT2D eigenvalue weighted by Crippen LogP contribution is -2.68. The van der Waals surface area contributed by atoms with E-state index in [9.17, 15) is 9.90 Å². The maximum Gasteiger partial charge on any atom is 0.303 e. The van der Waals surface area contributed by atoms with Gasteiger partial charge in [-0.25, -0.2) is 0 Å². The maximum atomic E-state index is 12.5. The lowest BCUT2D eigenvalue weighted by molar-refractivity contribution is -0.239. The van der Waals surface area contributed by atoms with Gasteiger partial charge in [-0.2, -0.15) is 0 Å². The van der Waals surface area contributed by atoms with Crippen molar-refractivity contribution in [2.75, 3.05) is 21.3 Å². The summed E-state index contributed by atoms with van der Waals surface area (Å²) < 4.78 is 26.1. The van der Waals surface area contributed by atoms with Crippen molar-refractivity contribution in [3.05, 3.63) is 47.1 Å². The molecule has 6 heteroatoms. The van der Waals surface area contributed by atoms with Crippen LogP contribution in [0.5, 0.6) is 0 Å². The van der Waals surface area contributed by atoms with Crippen molar-refractivity contribution in [2.45, 2.75) is 244 Å². The summed E-state index contributed by atoms with van der Waals surface area (Å²) in [5.41, 5.74) is 4.64. The molecule has 72 heavy (non-hydrogen) atoms. The van der Waals surface area contributed by atoms with E-state index in [2.05, 4.69) is 148 Å². The Balaban J connectivity index is 0.000000212. The maximum absolute atomic E-state index is 12.5. The van der Waals surface area contributed by atoms with Crippen LogP contribution in [-0.2, 0) is 23.7 Å². The second kappa shape index (κ2) is 20.2. The number of ether oxygens (including phenoxy) is 4. The van der Waals surface area contributed by atoms with Crippen LogP contribution in [0, 0.1) is 97.1 Å². The smallest absolute Gasteiger partial charge is 0.303 e. The van der Waals surface area contributed by atoms with Gasteiger partial charge in [0, 0.05) is 57.3 Å². The van der Waals surface area contributed by atoms with Gasteiger partial charge in [-0.05, 0) is 178 Å². The summed E-state index contributed by atoms with van der Waals surface area (Å²) >= 11 is 0. The molecule has 0 unspecified atom stereocenters. The van der Waals surface area contributed by atoms with E-state index in [4.69, 9.17) is 18.9 Å². The van der Waals surface area contributed by atoms with Gasteiger partial charge in [0.1, 0.15) is 6.10 Å². The predicted molar refractivity (Wildman–Crippen MR) is 298 cm³/mol. The highest BCUT2D eigenvalue weighted by Crippen LogP contribution is 2.75. The predicted octanol–water partition coefficient (Wildman–Crippen LogP) is 16.4. The first-order valence-corrected chi connectivity index (χ1v) is 29.6. The Bertz CT molecular complexity index is 2080. The number of rotatable bonds is 11. The number of allylic oxidation sites excluding steroid dienone is 4. The van der Waals surface area contributed by atoms with E-state index in [0.29, 0.717) is 47.3 Å². The molecule has 0 spiro atoms. The van der Waals surface area contributed by atoms with Crippen LogP contribution in [0.2, 0.25) is 0 Å². The van der Waals surface area contributed by atoms with E-state index < -0.39 is 0 Å². The van der Waals surface area contributed by atoms with Crippen LogP contribution in [0.1, 0.15) is 215 Å². The Morgan fingerprint density at radius 2 is 1.15 bits per heavy atom. The van der Waals surface area contributed by atoms with Crippen LogP contribution in [-0.4, -0.2) is 61.9 Å². The fourth-order valence-corrected chi connectivity index (χ4v) is 19.9. The van der Waals surface area contributed by atoms with Gasteiger partial charge in [0.15, 0.2) is 0 Å². The molecule has 0 radical (unpaired) electrons. The highest BCUT2D eigenvalue weighted by Gasteiger charge is 2.73. The van der Waals surface area contributed by atoms with Crippen molar-refractivity contribution in [3.8, 4) is 0 Å². The number of methoxy groups -OCH3 is 3. The van der Waals surface area contributed by atoms with Crippen molar-refractivity contribution in [2.24, 2.45) is 97.1 Å². The van der Waals surface area contributed by atoms with Gasteiger partial charge in [-0.1, -0.05) is 145 Å². The van der Waals surface area contributed by atoms with Crippen LogP contribution < -0.4 is 0 Å². The van der Waals surface area contributed by atoms with E-state index in [0.717, 1.165) is 31.6 Å². The van der Waals surface area contributed by atoms with E-state index in [1.807, 2.05) is 21.3 Å². The Hall–Kier alpha value is -1.73. The average Bonchev–Trinajstić information content (AvgIpc) is 3.73. The Morgan fingerprint density at radius 3 is 1.64 bits per heavy atom. The topological polar surface area (TPSA) is 74.2 Å². The lowest BCUT2D eigenvalue weighted by atomic mass is 9.41. The van der Waals surface area contributed by atoms with Crippen LogP contribution in [0.15, 0.2) is 47.1 Å². The van der Waals surface area contributed by atoms with Crippen LogP contribution in [0.25, 0.3) is 0 Å². The summed E-state index contributed by atoms with van der Waals surface area (Å²) in [6, 6.07) is 0. The molecule has 0 saturated heterocycles. The number of carbonyl (C=O) groups excluding carboxylic acids is 1. The number of carbonyl (C=O) groups is 1. The molecular formula is C66H110O6. The number of aliphatic hydroxyl groups excluding tert-OH is 1. The molecule has 8 aliphatic rings. The van der Waals surface area contributed by atoms with Gasteiger partial charge < -0.3 is 24.1 Å². The van der Waals surface area contributed by atoms with Crippen LogP contribution >= 0.6 is 0 Å². The molecule has 0 aromatic rings. The molecule has 6 nitrogen and oxygen atoms in total. The molecule has 0 amide bonds. The number of esters is 1.